The third kappa shape index (κ3) is 9.00. The first-order chi connectivity index (χ1) is 7.20. The summed E-state index contributed by atoms with van der Waals surface area (Å²) in [6.45, 7) is 0. The average Bonchev–Trinajstić information content (AvgIpc) is 2.53. The van der Waals surface area contributed by atoms with E-state index in [4.69, 9.17) is 5.11 Å². The molecule has 1 atom stereocenters. The third-order valence-electron chi connectivity index (χ3n) is 1.37. The maximum Gasteiger partial charge on any atom is 0.673 e. The fraction of sp³-hybridized carbons (Fsp3) is 0.333. The van der Waals surface area contributed by atoms with Gasteiger partial charge in [0.05, 0.1) is 12.7 Å². The van der Waals surface area contributed by atoms with E-state index >= 15 is 0 Å². The van der Waals surface area contributed by atoms with Crippen molar-refractivity contribution in [2.75, 3.05) is 0 Å². The number of nitrogens with one attached hydrogen (secondary N) is 1. The highest BCUT2D eigenvalue weighted by atomic mass is 19.5. The smallest absolute Gasteiger partial charge is 0.477 e. The minimum Gasteiger partial charge on any atom is -0.477 e. The van der Waals surface area contributed by atoms with Crippen LogP contribution in [0, 0.1) is 0 Å². The van der Waals surface area contributed by atoms with Gasteiger partial charge < -0.3 is 33.1 Å². The lowest BCUT2D eigenvalue weighted by molar-refractivity contribution is -0.407. The van der Waals surface area contributed by atoms with Crippen molar-refractivity contribution >= 4 is 13.2 Å². The largest absolute Gasteiger partial charge is 0.673 e. The van der Waals surface area contributed by atoms with Gasteiger partial charge in [-0.15, -0.1) is 0 Å². The van der Waals surface area contributed by atoms with Crippen LogP contribution in [0.3, 0.4) is 0 Å². The van der Waals surface area contributed by atoms with Crippen LogP contribution in [0.4, 0.5) is 17.3 Å². The molecule has 0 radical (unpaired) electrons. The molecule has 1 heterocycles. The summed E-state index contributed by atoms with van der Waals surface area (Å²) in [4.78, 5) is 16.9. The van der Waals surface area contributed by atoms with Crippen LogP contribution in [-0.4, -0.2) is 34.3 Å². The highest BCUT2D eigenvalue weighted by Gasteiger charge is 2.20. The van der Waals surface area contributed by atoms with E-state index in [2.05, 4.69) is 15.7 Å². The Morgan fingerprint density at radius 3 is 2.38 bits per heavy atom. The number of aromatic amines is 1. The van der Waals surface area contributed by atoms with E-state index in [0.717, 1.165) is 5.69 Å². The molecule has 0 aliphatic carbocycles. The van der Waals surface area contributed by atoms with Gasteiger partial charge in [0, 0.05) is 11.9 Å². The van der Waals surface area contributed by atoms with Gasteiger partial charge in [0.25, 0.3) is 0 Å². The summed E-state index contributed by atoms with van der Waals surface area (Å²) in [5, 5.41) is 8.48. The van der Waals surface area contributed by atoms with Crippen LogP contribution in [0.1, 0.15) is 5.69 Å². The van der Waals surface area contributed by atoms with Crippen molar-refractivity contribution in [2.45, 2.75) is 12.5 Å². The number of hydrogen-bond acceptors (Lipinski definition) is 2. The van der Waals surface area contributed by atoms with Crippen molar-refractivity contribution in [1.82, 2.24) is 9.97 Å². The predicted molar refractivity (Wildman–Crippen MR) is 46.8 cm³/mol. The van der Waals surface area contributed by atoms with E-state index < -0.39 is 19.3 Å². The lowest BCUT2D eigenvalue weighted by Crippen LogP contribution is -2.66. The molecule has 0 spiro atoms. The summed E-state index contributed by atoms with van der Waals surface area (Å²) >= 11 is 0. The zero-order valence-electron chi connectivity index (χ0n) is 8.04. The van der Waals surface area contributed by atoms with Gasteiger partial charge in [-0.25, -0.2) is 9.78 Å². The molecule has 0 aliphatic rings. The molecule has 5 nitrogen and oxygen atoms in total. The topological polar surface area (TPSA) is 93.6 Å². The monoisotopic (exact) mass is 243 g/mol. The van der Waals surface area contributed by atoms with Crippen LogP contribution < -0.4 is 5.73 Å². The number of quaternary nitrogens is 1. The van der Waals surface area contributed by atoms with Gasteiger partial charge >= 0.3 is 13.2 Å². The van der Waals surface area contributed by atoms with E-state index in [-0.39, 0.29) is 0 Å². The number of carbonyl (C=O) groups is 1. The maximum atomic E-state index is 10.3. The van der Waals surface area contributed by atoms with Crippen LogP contribution in [0.5, 0.6) is 0 Å². The van der Waals surface area contributed by atoms with Gasteiger partial charge in [0.15, 0.2) is 6.04 Å². The number of carboxylic acid groups (broad SMARTS) is 1. The van der Waals surface area contributed by atoms with Gasteiger partial charge in [-0.05, 0) is 0 Å². The summed E-state index contributed by atoms with van der Waals surface area (Å²) in [7, 11) is -6.00. The fourth-order valence-corrected chi connectivity index (χ4v) is 0.749. The molecule has 0 aromatic carbocycles. The third-order valence-corrected chi connectivity index (χ3v) is 1.37. The predicted octanol–water partition coefficient (Wildman–Crippen LogP) is -0.0527. The number of H-pyrrole nitrogens is 1. The lowest BCUT2D eigenvalue weighted by Gasteiger charge is -1.98. The number of aromatic nitrogens is 2. The first kappa shape index (κ1) is 14.4. The second-order valence-electron chi connectivity index (χ2n) is 2.81. The molecule has 0 amide bonds. The Labute approximate surface area is 87.8 Å². The van der Waals surface area contributed by atoms with Crippen LogP contribution in [0.15, 0.2) is 12.5 Å². The molecule has 10 heteroatoms. The number of halogens is 4. The van der Waals surface area contributed by atoms with E-state index in [9.17, 15) is 22.1 Å². The lowest BCUT2D eigenvalue weighted by atomic mass is 10.2. The SMILES string of the molecule is F[B-](F)(F)F.[NH3+][C@@H](Cc1cnc[nH]1)C(=O)O. The molecule has 0 saturated carbocycles. The Bertz CT molecular complexity index is 310. The highest BCUT2D eigenvalue weighted by molar-refractivity contribution is 6.50. The van der Waals surface area contributed by atoms with Crippen molar-refractivity contribution in [2.24, 2.45) is 0 Å². The first-order valence-corrected chi connectivity index (χ1v) is 4.10. The molecular weight excluding hydrogens is 233 g/mol. The summed E-state index contributed by atoms with van der Waals surface area (Å²) < 4.78 is 39.0. The van der Waals surface area contributed by atoms with E-state index in [0.29, 0.717) is 6.42 Å². The second-order valence-corrected chi connectivity index (χ2v) is 2.81. The summed E-state index contributed by atoms with van der Waals surface area (Å²) in [6.07, 6.45) is 3.51. The summed E-state index contributed by atoms with van der Waals surface area (Å²) in [5.74, 6) is -0.889. The van der Waals surface area contributed by atoms with E-state index in [1.54, 1.807) is 6.20 Å². The zero-order valence-corrected chi connectivity index (χ0v) is 8.04. The van der Waals surface area contributed by atoms with Crippen LogP contribution in [0.25, 0.3) is 0 Å². The van der Waals surface area contributed by atoms with Crippen molar-refractivity contribution in [3.63, 3.8) is 0 Å². The molecule has 0 aliphatic heterocycles. The van der Waals surface area contributed by atoms with Crippen molar-refractivity contribution < 1.29 is 32.9 Å². The summed E-state index contributed by atoms with van der Waals surface area (Å²) in [6, 6.07) is -0.601. The Morgan fingerprint density at radius 2 is 2.06 bits per heavy atom. The normalized spacial score (nSPS) is 12.6. The molecule has 1 aromatic heterocycles. The van der Waals surface area contributed by atoms with E-state index in [1.807, 2.05) is 0 Å². The number of rotatable bonds is 3. The van der Waals surface area contributed by atoms with Crippen LogP contribution >= 0.6 is 0 Å². The molecule has 0 saturated heterocycles. The molecule has 0 unspecified atom stereocenters. The zero-order chi connectivity index (χ0) is 12.8. The van der Waals surface area contributed by atoms with Crippen LogP contribution in [-0.2, 0) is 11.2 Å². The Kier molecular flexibility index (Phi) is 5.50. The second kappa shape index (κ2) is 6.11. The maximum absolute atomic E-state index is 10.3. The number of aliphatic carboxylic acids is 1. The summed E-state index contributed by atoms with van der Waals surface area (Å²) in [5.41, 5.74) is 4.26. The van der Waals surface area contributed by atoms with Crippen molar-refractivity contribution in [1.29, 1.82) is 0 Å². The fourth-order valence-electron chi connectivity index (χ4n) is 0.749. The number of imidazole rings is 1. The first-order valence-electron chi connectivity index (χ1n) is 4.10. The van der Waals surface area contributed by atoms with Crippen molar-refractivity contribution in [3.8, 4) is 0 Å². The molecule has 1 aromatic rings. The molecule has 16 heavy (non-hydrogen) atoms. The Hall–Kier alpha value is -1.58. The number of carboxylic acids is 1. The van der Waals surface area contributed by atoms with E-state index in [1.165, 1.54) is 6.33 Å². The quantitative estimate of drug-likeness (QED) is 0.513. The van der Waals surface area contributed by atoms with Gasteiger partial charge in [0.1, 0.15) is 0 Å². The van der Waals surface area contributed by atoms with Gasteiger partial charge in [0.2, 0.25) is 0 Å². The Balaban J connectivity index is 0.000000385. The molecule has 92 valence electrons. The van der Waals surface area contributed by atoms with Gasteiger partial charge in [-0.1, -0.05) is 0 Å². The average molecular weight is 243 g/mol. The van der Waals surface area contributed by atoms with Gasteiger partial charge in [-0.2, -0.15) is 0 Å². The highest BCUT2D eigenvalue weighted by Crippen LogP contribution is 2.06. The van der Waals surface area contributed by atoms with Crippen LogP contribution in [0.2, 0.25) is 0 Å². The Morgan fingerprint density at radius 1 is 1.56 bits per heavy atom. The van der Waals surface area contributed by atoms with Gasteiger partial charge in [-0.3, -0.25) is 0 Å². The molecule has 5 N–H and O–H groups in total. The molecule has 1 rings (SSSR count). The standard InChI is InChI=1S/C6H9N3O2.BF4/c7-5(6(10)11)1-4-2-8-3-9-4;2-1(3,4)5/h2-3,5H,1,7H2,(H,8,9)(H,10,11);/q;-1/p+1/t5-;/m0./s1. The molecule has 0 fully saturated rings. The minimum absolute atomic E-state index is 0.398. The number of hydrogen-bond donors (Lipinski definition) is 3. The minimum atomic E-state index is -6.00. The molecular formula is C6H10BF4N3O2. The molecule has 0 bridgehead atoms. The number of nitrogens with zero attached hydrogens (tertiary/aromatic N) is 1. The van der Waals surface area contributed by atoms with Crippen molar-refractivity contribution in [3.05, 3.63) is 18.2 Å².